The quantitative estimate of drug-likeness (QED) is 0.896. The van der Waals surface area contributed by atoms with Crippen LogP contribution in [0.2, 0.25) is 0 Å². The number of rotatable bonds is 4. The normalized spacial score (nSPS) is 20.2. The maximum atomic E-state index is 13.5. The second-order valence-electron chi connectivity index (χ2n) is 5.54. The molecule has 0 spiro atoms. The van der Waals surface area contributed by atoms with Gasteiger partial charge < -0.3 is 10.5 Å². The number of halogens is 1. The van der Waals surface area contributed by atoms with Crippen LogP contribution >= 0.6 is 0 Å². The number of aryl methyl sites for hydroxylation is 1. The molecule has 106 valence electrons. The Bertz CT molecular complexity index is 421. The van der Waals surface area contributed by atoms with E-state index in [-0.39, 0.29) is 17.5 Å². The molecule has 0 aliphatic heterocycles. The summed E-state index contributed by atoms with van der Waals surface area (Å²) in [6, 6.07) is 4.60. The highest BCUT2D eigenvalue weighted by molar-refractivity contribution is 5.31. The molecule has 0 radical (unpaired) electrons. The molecule has 0 amide bonds. The second kappa shape index (κ2) is 6.02. The lowest BCUT2D eigenvalue weighted by Crippen LogP contribution is -2.45. The van der Waals surface area contributed by atoms with Crippen LogP contribution in [0.3, 0.4) is 0 Å². The third-order valence-corrected chi connectivity index (χ3v) is 4.27. The average molecular weight is 265 g/mol. The van der Waals surface area contributed by atoms with Crippen LogP contribution in [-0.2, 0) is 4.74 Å². The minimum absolute atomic E-state index is 0.224. The molecule has 1 aliphatic carbocycles. The van der Waals surface area contributed by atoms with Crippen molar-refractivity contribution in [1.82, 2.24) is 0 Å². The summed E-state index contributed by atoms with van der Waals surface area (Å²) in [7, 11) is 0. The molecule has 2 nitrogen and oxygen atoms in total. The van der Waals surface area contributed by atoms with Crippen LogP contribution in [0.4, 0.5) is 4.39 Å². The molecule has 1 saturated carbocycles. The van der Waals surface area contributed by atoms with E-state index < -0.39 is 0 Å². The number of benzene rings is 1. The molecule has 0 saturated heterocycles. The molecule has 19 heavy (non-hydrogen) atoms. The van der Waals surface area contributed by atoms with Gasteiger partial charge in [0.05, 0.1) is 11.6 Å². The van der Waals surface area contributed by atoms with E-state index in [1.807, 2.05) is 13.8 Å². The number of nitrogens with two attached hydrogens (primary N) is 1. The zero-order valence-electron chi connectivity index (χ0n) is 11.9. The largest absolute Gasteiger partial charge is 0.373 e. The van der Waals surface area contributed by atoms with Crippen molar-refractivity contribution in [1.29, 1.82) is 0 Å². The number of ether oxygens (including phenoxy) is 1. The Morgan fingerprint density at radius 3 is 2.63 bits per heavy atom. The Morgan fingerprint density at radius 2 is 2.00 bits per heavy atom. The van der Waals surface area contributed by atoms with Gasteiger partial charge in [-0.2, -0.15) is 0 Å². The van der Waals surface area contributed by atoms with Crippen molar-refractivity contribution in [2.45, 2.75) is 57.6 Å². The van der Waals surface area contributed by atoms with E-state index in [1.54, 1.807) is 12.1 Å². The van der Waals surface area contributed by atoms with Crippen LogP contribution in [0, 0.1) is 12.7 Å². The predicted octanol–water partition coefficient (Wildman–Crippen LogP) is 3.87. The van der Waals surface area contributed by atoms with Crippen LogP contribution in [0.15, 0.2) is 18.2 Å². The Hall–Kier alpha value is -0.930. The van der Waals surface area contributed by atoms with Crippen molar-refractivity contribution in [2.75, 3.05) is 6.61 Å². The lowest BCUT2D eigenvalue weighted by atomic mass is 9.76. The monoisotopic (exact) mass is 265 g/mol. The van der Waals surface area contributed by atoms with Crippen molar-refractivity contribution in [3.05, 3.63) is 35.1 Å². The van der Waals surface area contributed by atoms with Gasteiger partial charge in [0.25, 0.3) is 0 Å². The van der Waals surface area contributed by atoms with Gasteiger partial charge in [0, 0.05) is 6.61 Å². The minimum atomic E-state index is -0.314. The topological polar surface area (TPSA) is 35.2 Å². The van der Waals surface area contributed by atoms with E-state index in [0.29, 0.717) is 6.61 Å². The lowest BCUT2D eigenvalue weighted by molar-refractivity contribution is -0.0832. The summed E-state index contributed by atoms with van der Waals surface area (Å²) in [5, 5.41) is 0. The van der Waals surface area contributed by atoms with E-state index in [0.717, 1.165) is 36.8 Å². The molecule has 1 fully saturated rings. The zero-order chi connectivity index (χ0) is 13.9. The predicted molar refractivity (Wildman–Crippen MR) is 75.5 cm³/mol. The zero-order valence-corrected chi connectivity index (χ0v) is 11.9. The summed E-state index contributed by atoms with van der Waals surface area (Å²) in [4.78, 5) is 0. The van der Waals surface area contributed by atoms with Crippen molar-refractivity contribution in [3.8, 4) is 0 Å². The Balaban J connectivity index is 2.32. The molecular formula is C16H24FNO. The van der Waals surface area contributed by atoms with Gasteiger partial charge in [-0.05, 0) is 49.9 Å². The van der Waals surface area contributed by atoms with Gasteiger partial charge in [-0.25, -0.2) is 4.39 Å². The van der Waals surface area contributed by atoms with Crippen LogP contribution in [-0.4, -0.2) is 12.2 Å². The fourth-order valence-corrected chi connectivity index (χ4v) is 3.21. The fourth-order valence-electron chi connectivity index (χ4n) is 3.21. The maximum Gasteiger partial charge on any atom is 0.123 e. The fraction of sp³-hybridized carbons (Fsp3) is 0.625. The summed E-state index contributed by atoms with van der Waals surface area (Å²) in [6.07, 6.45) is 5.46. The van der Waals surface area contributed by atoms with E-state index in [9.17, 15) is 4.39 Å². The van der Waals surface area contributed by atoms with Gasteiger partial charge in [-0.3, -0.25) is 0 Å². The van der Waals surface area contributed by atoms with Gasteiger partial charge in [0.15, 0.2) is 0 Å². The summed E-state index contributed by atoms with van der Waals surface area (Å²) in [5.74, 6) is -0.224. The van der Waals surface area contributed by atoms with Crippen LogP contribution in [0.5, 0.6) is 0 Å². The van der Waals surface area contributed by atoms with Crippen LogP contribution < -0.4 is 5.73 Å². The standard InChI is InChI=1S/C16H24FNO/c1-3-19-16(9-5-4-6-10-16)15(18)14-11-13(17)8-7-12(14)2/h7-8,11,15H,3-6,9-10,18H2,1-2H3. The molecule has 2 N–H and O–H groups in total. The first-order valence-corrected chi connectivity index (χ1v) is 7.24. The molecule has 1 aliphatic rings. The Labute approximate surface area is 115 Å². The first kappa shape index (κ1) is 14.5. The third kappa shape index (κ3) is 2.98. The molecule has 1 aromatic rings. The Morgan fingerprint density at radius 1 is 1.32 bits per heavy atom. The van der Waals surface area contributed by atoms with Crippen molar-refractivity contribution >= 4 is 0 Å². The lowest BCUT2D eigenvalue weighted by Gasteiger charge is -2.42. The molecule has 1 atom stereocenters. The highest BCUT2D eigenvalue weighted by Gasteiger charge is 2.40. The molecule has 0 bridgehead atoms. The first-order valence-electron chi connectivity index (χ1n) is 7.24. The van der Waals surface area contributed by atoms with E-state index >= 15 is 0 Å². The maximum absolute atomic E-state index is 13.5. The summed E-state index contributed by atoms with van der Waals surface area (Å²) in [6.45, 7) is 4.64. The van der Waals surface area contributed by atoms with Crippen LogP contribution in [0.25, 0.3) is 0 Å². The average Bonchev–Trinajstić information content (AvgIpc) is 2.42. The van der Waals surface area contributed by atoms with Crippen LogP contribution in [0.1, 0.15) is 56.2 Å². The molecule has 2 rings (SSSR count). The molecule has 1 unspecified atom stereocenters. The molecule has 0 aromatic heterocycles. The van der Waals surface area contributed by atoms with E-state index in [4.69, 9.17) is 10.5 Å². The number of hydrogen-bond acceptors (Lipinski definition) is 2. The molecule has 1 aromatic carbocycles. The van der Waals surface area contributed by atoms with Crippen molar-refractivity contribution < 1.29 is 9.13 Å². The van der Waals surface area contributed by atoms with Gasteiger partial charge in [0.1, 0.15) is 5.82 Å². The third-order valence-electron chi connectivity index (χ3n) is 4.27. The SMILES string of the molecule is CCOC1(C(N)c2cc(F)ccc2C)CCCCC1. The Kier molecular flexibility index (Phi) is 4.58. The van der Waals surface area contributed by atoms with E-state index in [2.05, 4.69) is 0 Å². The summed E-state index contributed by atoms with van der Waals surface area (Å²) >= 11 is 0. The molecule has 3 heteroatoms. The van der Waals surface area contributed by atoms with Crippen molar-refractivity contribution in [2.24, 2.45) is 5.73 Å². The smallest absolute Gasteiger partial charge is 0.123 e. The van der Waals surface area contributed by atoms with Gasteiger partial charge in [-0.15, -0.1) is 0 Å². The second-order valence-corrected chi connectivity index (χ2v) is 5.54. The summed E-state index contributed by atoms with van der Waals surface area (Å²) < 4.78 is 19.5. The number of hydrogen-bond donors (Lipinski definition) is 1. The van der Waals surface area contributed by atoms with Gasteiger partial charge >= 0.3 is 0 Å². The molecule has 0 heterocycles. The summed E-state index contributed by atoms with van der Waals surface area (Å²) in [5.41, 5.74) is 8.08. The highest BCUT2D eigenvalue weighted by Crippen LogP contribution is 2.41. The first-order chi connectivity index (χ1) is 9.09. The van der Waals surface area contributed by atoms with Crippen molar-refractivity contribution in [3.63, 3.8) is 0 Å². The minimum Gasteiger partial charge on any atom is -0.373 e. The van der Waals surface area contributed by atoms with E-state index in [1.165, 1.54) is 12.5 Å². The van der Waals surface area contributed by atoms with Gasteiger partial charge in [-0.1, -0.05) is 25.3 Å². The highest BCUT2D eigenvalue weighted by atomic mass is 19.1. The van der Waals surface area contributed by atoms with Gasteiger partial charge in [0.2, 0.25) is 0 Å². The molecular weight excluding hydrogens is 241 g/mol.